The van der Waals surface area contributed by atoms with Gasteiger partial charge < -0.3 is 0 Å². The van der Waals surface area contributed by atoms with E-state index >= 15 is 0 Å². The standard InChI is InChI=1S/C14H10ClN/c15-9-12-10-5-1-3-7-13(10)16-14-8-4-2-6-11(12)14/h1-8H,9H2. The second-order valence-corrected chi connectivity index (χ2v) is 4.03. The van der Waals surface area contributed by atoms with Gasteiger partial charge in [-0.1, -0.05) is 36.4 Å². The third-order valence-electron chi connectivity index (χ3n) is 2.83. The molecule has 0 atom stereocenters. The number of para-hydroxylation sites is 2. The van der Waals surface area contributed by atoms with Gasteiger partial charge in [-0.25, -0.2) is 4.98 Å². The molecule has 2 heteroatoms. The predicted octanol–water partition coefficient (Wildman–Crippen LogP) is 4.13. The van der Waals surface area contributed by atoms with Crippen LogP contribution >= 0.6 is 11.6 Å². The van der Waals surface area contributed by atoms with Gasteiger partial charge in [-0.15, -0.1) is 11.6 Å². The van der Waals surface area contributed by atoms with Crippen molar-refractivity contribution in [2.45, 2.75) is 5.88 Å². The van der Waals surface area contributed by atoms with E-state index in [9.17, 15) is 0 Å². The summed E-state index contributed by atoms with van der Waals surface area (Å²) in [5.41, 5.74) is 3.19. The molecule has 0 unspecified atom stereocenters. The first kappa shape index (κ1) is 9.61. The zero-order chi connectivity index (χ0) is 11.0. The molecule has 1 aromatic heterocycles. The van der Waals surface area contributed by atoms with Gasteiger partial charge in [-0.2, -0.15) is 0 Å². The molecule has 0 radical (unpaired) electrons. The number of alkyl halides is 1. The van der Waals surface area contributed by atoms with E-state index in [1.807, 2.05) is 36.4 Å². The number of benzene rings is 2. The molecule has 0 bridgehead atoms. The van der Waals surface area contributed by atoms with Crippen LogP contribution in [0.4, 0.5) is 0 Å². The van der Waals surface area contributed by atoms with Crippen LogP contribution in [0.5, 0.6) is 0 Å². The lowest BCUT2D eigenvalue weighted by molar-refractivity contribution is 1.42. The fraction of sp³-hybridized carbons (Fsp3) is 0.0714. The third-order valence-corrected chi connectivity index (χ3v) is 3.10. The first-order valence-corrected chi connectivity index (χ1v) is 5.76. The molecule has 16 heavy (non-hydrogen) atoms. The first-order valence-electron chi connectivity index (χ1n) is 5.22. The first-order chi connectivity index (χ1) is 7.90. The molecule has 0 amide bonds. The highest BCUT2D eigenvalue weighted by atomic mass is 35.5. The number of halogens is 1. The Balaban J connectivity index is 2.56. The van der Waals surface area contributed by atoms with Crippen LogP contribution in [-0.4, -0.2) is 4.98 Å². The highest BCUT2D eigenvalue weighted by molar-refractivity contribution is 6.19. The van der Waals surface area contributed by atoms with Gasteiger partial charge in [0.1, 0.15) is 0 Å². The molecule has 0 saturated carbocycles. The van der Waals surface area contributed by atoms with E-state index in [1.54, 1.807) is 0 Å². The van der Waals surface area contributed by atoms with Crippen LogP contribution in [0.25, 0.3) is 21.8 Å². The van der Waals surface area contributed by atoms with Crippen LogP contribution in [0.3, 0.4) is 0 Å². The van der Waals surface area contributed by atoms with Gasteiger partial charge in [0.25, 0.3) is 0 Å². The van der Waals surface area contributed by atoms with Gasteiger partial charge in [0.05, 0.1) is 11.0 Å². The molecule has 78 valence electrons. The molecule has 0 aliphatic carbocycles. The minimum Gasteiger partial charge on any atom is -0.248 e. The Hall–Kier alpha value is -1.60. The molecule has 0 N–H and O–H groups in total. The summed E-state index contributed by atoms with van der Waals surface area (Å²) in [4.78, 5) is 4.63. The Kier molecular flexibility index (Phi) is 2.26. The largest absolute Gasteiger partial charge is 0.248 e. The summed E-state index contributed by atoms with van der Waals surface area (Å²) in [5.74, 6) is 0.517. The summed E-state index contributed by atoms with van der Waals surface area (Å²) in [7, 11) is 0. The van der Waals surface area contributed by atoms with Crippen molar-refractivity contribution in [3.8, 4) is 0 Å². The van der Waals surface area contributed by atoms with E-state index in [0.717, 1.165) is 21.8 Å². The number of rotatable bonds is 1. The lowest BCUT2D eigenvalue weighted by atomic mass is 10.0. The van der Waals surface area contributed by atoms with Crippen molar-refractivity contribution in [2.24, 2.45) is 0 Å². The molecule has 0 fully saturated rings. The Bertz CT molecular complexity index is 607. The van der Waals surface area contributed by atoms with Crippen molar-refractivity contribution in [3.05, 3.63) is 54.1 Å². The van der Waals surface area contributed by atoms with Crippen molar-refractivity contribution in [2.75, 3.05) is 0 Å². The van der Waals surface area contributed by atoms with Gasteiger partial charge in [0.2, 0.25) is 0 Å². The number of hydrogen-bond donors (Lipinski definition) is 0. The molecule has 3 rings (SSSR count). The summed E-state index contributed by atoms with van der Waals surface area (Å²) in [6.07, 6.45) is 0. The van der Waals surface area contributed by atoms with Gasteiger partial charge in [-0.3, -0.25) is 0 Å². The van der Waals surface area contributed by atoms with Gasteiger partial charge in [-0.05, 0) is 17.7 Å². The predicted molar refractivity (Wildman–Crippen MR) is 68.8 cm³/mol. The van der Waals surface area contributed by atoms with Crippen LogP contribution in [0, 0.1) is 0 Å². The molecule has 3 aromatic rings. The second kappa shape index (κ2) is 3.76. The maximum absolute atomic E-state index is 6.06. The van der Waals surface area contributed by atoms with Crippen molar-refractivity contribution >= 4 is 33.4 Å². The summed E-state index contributed by atoms with van der Waals surface area (Å²) < 4.78 is 0. The van der Waals surface area contributed by atoms with E-state index in [-0.39, 0.29) is 0 Å². The van der Waals surface area contributed by atoms with Crippen molar-refractivity contribution in [1.29, 1.82) is 0 Å². The molecule has 0 spiro atoms. The van der Waals surface area contributed by atoms with Crippen LogP contribution in [0.15, 0.2) is 48.5 Å². The minimum atomic E-state index is 0.517. The summed E-state index contributed by atoms with van der Waals surface area (Å²) >= 11 is 6.06. The third kappa shape index (κ3) is 1.36. The highest BCUT2D eigenvalue weighted by Gasteiger charge is 2.06. The zero-order valence-electron chi connectivity index (χ0n) is 8.65. The van der Waals surface area contributed by atoms with Crippen LogP contribution in [0.1, 0.15) is 5.56 Å². The number of aromatic nitrogens is 1. The van der Waals surface area contributed by atoms with Crippen LogP contribution in [0.2, 0.25) is 0 Å². The van der Waals surface area contributed by atoms with E-state index < -0.39 is 0 Å². The van der Waals surface area contributed by atoms with E-state index in [4.69, 9.17) is 11.6 Å². The molecule has 1 nitrogen and oxygen atoms in total. The molecule has 1 heterocycles. The zero-order valence-corrected chi connectivity index (χ0v) is 9.41. The van der Waals surface area contributed by atoms with Gasteiger partial charge >= 0.3 is 0 Å². The fourth-order valence-electron chi connectivity index (χ4n) is 2.07. The van der Waals surface area contributed by atoms with E-state index in [1.165, 1.54) is 5.56 Å². The number of pyridine rings is 1. The molecular formula is C14H10ClN. The SMILES string of the molecule is ClCc1c2ccccc2nc2ccccc12. The number of fused-ring (bicyclic) bond motifs is 2. The van der Waals surface area contributed by atoms with E-state index in [2.05, 4.69) is 17.1 Å². The molecular weight excluding hydrogens is 218 g/mol. The van der Waals surface area contributed by atoms with Gasteiger partial charge in [0, 0.05) is 16.7 Å². The molecule has 2 aromatic carbocycles. The average molecular weight is 228 g/mol. The van der Waals surface area contributed by atoms with Crippen molar-refractivity contribution in [1.82, 2.24) is 4.98 Å². The second-order valence-electron chi connectivity index (χ2n) is 3.76. The van der Waals surface area contributed by atoms with Crippen LogP contribution < -0.4 is 0 Å². The van der Waals surface area contributed by atoms with Crippen molar-refractivity contribution in [3.63, 3.8) is 0 Å². The Morgan fingerprint density at radius 3 is 1.81 bits per heavy atom. The summed E-state index contributed by atoms with van der Waals surface area (Å²) in [6.45, 7) is 0. The summed E-state index contributed by atoms with van der Waals surface area (Å²) in [6, 6.07) is 16.3. The maximum atomic E-state index is 6.06. The lowest BCUT2D eigenvalue weighted by Gasteiger charge is -2.07. The smallest absolute Gasteiger partial charge is 0.0712 e. The average Bonchev–Trinajstić information content (AvgIpc) is 2.36. The summed E-state index contributed by atoms with van der Waals surface area (Å²) in [5, 5.41) is 2.30. The minimum absolute atomic E-state index is 0.517. The van der Waals surface area contributed by atoms with E-state index in [0.29, 0.717) is 5.88 Å². The lowest BCUT2D eigenvalue weighted by Crippen LogP contribution is -1.89. The Morgan fingerprint density at radius 1 is 0.812 bits per heavy atom. The highest BCUT2D eigenvalue weighted by Crippen LogP contribution is 2.26. The van der Waals surface area contributed by atoms with Crippen molar-refractivity contribution < 1.29 is 0 Å². The Labute approximate surface area is 98.7 Å². The number of nitrogens with zero attached hydrogens (tertiary/aromatic N) is 1. The monoisotopic (exact) mass is 227 g/mol. The van der Waals surface area contributed by atoms with Crippen LogP contribution in [-0.2, 0) is 5.88 Å². The van der Waals surface area contributed by atoms with Gasteiger partial charge in [0.15, 0.2) is 0 Å². The molecule has 0 aliphatic rings. The number of hydrogen-bond acceptors (Lipinski definition) is 1. The fourth-order valence-corrected chi connectivity index (χ4v) is 2.36. The molecule has 0 saturated heterocycles. The molecule has 0 aliphatic heterocycles. The Morgan fingerprint density at radius 2 is 1.31 bits per heavy atom. The topological polar surface area (TPSA) is 12.9 Å². The maximum Gasteiger partial charge on any atom is 0.0712 e. The quantitative estimate of drug-likeness (QED) is 0.450. The normalized spacial score (nSPS) is 11.1.